The summed E-state index contributed by atoms with van der Waals surface area (Å²) in [7, 11) is -3.37. The normalized spacial score (nSPS) is 11.3. The highest BCUT2D eigenvalue weighted by atomic mass is 32.2. The quantitative estimate of drug-likeness (QED) is 0.396. The number of nitrogens with one attached hydrogen (secondary N) is 2. The molecule has 1 amide bonds. The minimum absolute atomic E-state index is 0.0786. The average molecular weight is 465 g/mol. The van der Waals surface area contributed by atoms with Gasteiger partial charge in [-0.3, -0.25) is 9.52 Å². The lowest BCUT2D eigenvalue weighted by Crippen LogP contribution is -2.28. The molecule has 0 fully saturated rings. The summed E-state index contributed by atoms with van der Waals surface area (Å²) in [5.41, 5.74) is 2.86. The Morgan fingerprint density at radius 2 is 1.76 bits per heavy atom. The van der Waals surface area contributed by atoms with Crippen molar-refractivity contribution in [3.05, 3.63) is 90.3 Å². The monoisotopic (exact) mass is 464 g/mol. The lowest BCUT2D eigenvalue weighted by Gasteiger charge is -2.12. The van der Waals surface area contributed by atoms with Crippen molar-refractivity contribution in [3.8, 4) is 5.75 Å². The van der Waals surface area contributed by atoms with Crippen LogP contribution in [0.25, 0.3) is 11.0 Å². The van der Waals surface area contributed by atoms with E-state index >= 15 is 0 Å². The van der Waals surface area contributed by atoms with Crippen molar-refractivity contribution < 1.29 is 17.9 Å². The smallest absolute Gasteiger partial charge is 0.240 e. The third-order valence-electron chi connectivity index (χ3n) is 4.87. The summed E-state index contributed by atoms with van der Waals surface area (Å²) in [5.74, 6) is 1.18. The third kappa shape index (κ3) is 6.11. The Morgan fingerprint density at radius 3 is 2.55 bits per heavy atom. The number of fused-ring (bicyclic) bond motifs is 1. The molecular formula is C24H24N4O4S. The van der Waals surface area contributed by atoms with Gasteiger partial charge < -0.3 is 14.6 Å². The summed E-state index contributed by atoms with van der Waals surface area (Å²) in [6.07, 6.45) is 1.09. The fraction of sp³-hybridized carbons (Fsp3) is 0.167. The van der Waals surface area contributed by atoms with Gasteiger partial charge in [0.1, 0.15) is 24.7 Å². The summed E-state index contributed by atoms with van der Waals surface area (Å²) >= 11 is 0. The van der Waals surface area contributed by atoms with Crippen LogP contribution >= 0.6 is 0 Å². The number of imidazole rings is 1. The summed E-state index contributed by atoms with van der Waals surface area (Å²) in [6.45, 7) is 0.570. The number of carbonyl (C=O) groups excluding carboxylic acids is 1. The molecule has 8 nitrogen and oxygen atoms in total. The van der Waals surface area contributed by atoms with Crippen LogP contribution in [0.1, 0.15) is 11.4 Å². The number of ether oxygens (including phenoxy) is 1. The van der Waals surface area contributed by atoms with Gasteiger partial charge in [-0.1, -0.05) is 42.5 Å². The van der Waals surface area contributed by atoms with E-state index in [4.69, 9.17) is 4.74 Å². The average Bonchev–Trinajstić information content (AvgIpc) is 3.13. The van der Waals surface area contributed by atoms with Crippen molar-refractivity contribution in [1.82, 2.24) is 14.9 Å². The maximum Gasteiger partial charge on any atom is 0.240 e. The van der Waals surface area contributed by atoms with Gasteiger partial charge in [-0.2, -0.15) is 0 Å². The van der Waals surface area contributed by atoms with Gasteiger partial charge in [0.15, 0.2) is 0 Å². The van der Waals surface area contributed by atoms with Gasteiger partial charge in [0.05, 0.1) is 17.3 Å². The molecule has 4 aromatic rings. The SMILES string of the molecule is CS(=O)(=O)Nc1cccc(CNC(=O)Cn2c(COc3ccccc3)nc3ccccc32)c1. The molecule has 0 saturated carbocycles. The zero-order valence-electron chi connectivity index (χ0n) is 18.1. The molecule has 0 atom stereocenters. The van der Waals surface area contributed by atoms with Crippen LogP contribution in [0.2, 0.25) is 0 Å². The molecular weight excluding hydrogens is 440 g/mol. The van der Waals surface area contributed by atoms with Gasteiger partial charge in [0, 0.05) is 12.2 Å². The van der Waals surface area contributed by atoms with E-state index in [0.29, 0.717) is 11.5 Å². The van der Waals surface area contributed by atoms with E-state index in [1.54, 1.807) is 18.2 Å². The van der Waals surface area contributed by atoms with Crippen molar-refractivity contribution in [1.29, 1.82) is 0 Å². The first-order valence-electron chi connectivity index (χ1n) is 10.3. The zero-order valence-corrected chi connectivity index (χ0v) is 18.9. The molecule has 3 aromatic carbocycles. The summed E-state index contributed by atoms with van der Waals surface area (Å²) < 4.78 is 33.0. The van der Waals surface area contributed by atoms with Crippen LogP contribution in [-0.2, 0) is 34.5 Å². The first-order valence-corrected chi connectivity index (χ1v) is 12.2. The van der Waals surface area contributed by atoms with Crippen molar-refractivity contribution in [2.75, 3.05) is 11.0 Å². The predicted molar refractivity (Wildman–Crippen MR) is 127 cm³/mol. The Bertz CT molecular complexity index is 1370. The molecule has 0 spiro atoms. The highest BCUT2D eigenvalue weighted by Gasteiger charge is 2.14. The maximum absolute atomic E-state index is 12.8. The van der Waals surface area contributed by atoms with Gasteiger partial charge in [-0.25, -0.2) is 13.4 Å². The van der Waals surface area contributed by atoms with Gasteiger partial charge in [-0.05, 0) is 42.0 Å². The molecule has 1 heterocycles. The molecule has 0 bridgehead atoms. The number of benzene rings is 3. The molecule has 4 rings (SSSR count). The molecule has 0 aliphatic rings. The van der Waals surface area contributed by atoms with Crippen LogP contribution in [0.4, 0.5) is 5.69 Å². The standard InChI is InChI=1S/C24H24N4O4S/c1-33(30,31)27-19-9-7-8-18(14-19)15-25-24(29)16-28-22-13-6-5-12-21(22)26-23(28)17-32-20-10-3-2-4-11-20/h2-14,27H,15-17H2,1H3,(H,25,29). The third-order valence-corrected chi connectivity index (χ3v) is 5.47. The van der Waals surface area contributed by atoms with Crippen molar-refractivity contribution >= 4 is 32.7 Å². The Hall–Kier alpha value is -3.85. The largest absolute Gasteiger partial charge is 0.486 e. The first kappa shape index (κ1) is 22.3. The summed E-state index contributed by atoms with van der Waals surface area (Å²) in [6, 6.07) is 24.0. The highest BCUT2D eigenvalue weighted by molar-refractivity contribution is 7.92. The van der Waals surface area contributed by atoms with E-state index < -0.39 is 10.0 Å². The van der Waals surface area contributed by atoms with E-state index in [-0.39, 0.29) is 25.6 Å². The number of para-hydroxylation sites is 3. The highest BCUT2D eigenvalue weighted by Crippen LogP contribution is 2.18. The number of sulfonamides is 1. The molecule has 0 radical (unpaired) electrons. The molecule has 0 saturated heterocycles. The van der Waals surface area contributed by atoms with Crippen LogP contribution in [0.15, 0.2) is 78.9 Å². The predicted octanol–water partition coefficient (Wildman–Crippen LogP) is 3.30. The van der Waals surface area contributed by atoms with Gasteiger partial charge >= 0.3 is 0 Å². The van der Waals surface area contributed by atoms with Crippen LogP contribution < -0.4 is 14.8 Å². The molecule has 0 aliphatic heterocycles. The van der Waals surface area contributed by atoms with E-state index in [0.717, 1.165) is 28.6 Å². The number of nitrogens with zero attached hydrogens (tertiary/aromatic N) is 2. The number of carbonyl (C=O) groups is 1. The van der Waals surface area contributed by atoms with Crippen LogP contribution in [0.5, 0.6) is 5.75 Å². The second kappa shape index (κ2) is 9.74. The Balaban J connectivity index is 1.45. The molecule has 9 heteroatoms. The summed E-state index contributed by atoms with van der Waals surface area (Å²) in [5, 5.41) is 2.89. The van der Waals surface area contributed by atoms with E-state index in [2.05, 4.69) is 15.0 Å². The molecule has 170 valence electrons. The van der Waals surface area contributed by atoms with Crippen LogP contribution in [-0.4, -0.2) is 30.1 Å². The first-order chi connectivity index (χ1) is 15.9. The fourth-order valence-electron chi connectivity index (χ4n) is 3.44. The lowest BCUT2D eigenvalue weighted by molar-refractivity contribution is -0.121. The Kier molecular flexibility index (Phi) is 6.60. The number of amides is 1. The van der Waals surface area contributed by atoms with Gasteiger partial charge in [0.25, 0.3) is 0 Å². The minimum atomic E-state index is -3.37. The number of aromatic nitrogens is 2. The number of rotatable bonds is 9. The zero-order chi connectivity index (χ0) is 23.3. The summed E-state index contributed by atoms with van der Waals surface area (Å²) in [4.78, 5) is 17.4. The molecule has 1 aromatic heterocycles. The maximum atomic E-state index is 12.8. The molecule has 2 N–H and O–H groups in total. The molecule has 0 aliphatic carbocycles. The topological polar surface area (TPSA) is 102 Å². The van der Waals surface area contributed by atoms with E-state index in [1.807, 2.05) is 65.2 Å². The van der Waals surface area contributed by atoms with Crippen LogP contribution in [0.3, 0.4) is 0 Å². The van der Waals surface area contributed by atoms with E-state index in [9.17, 15) is 13.2 Å². The van der Waals surface area contributed by atoms with Crippen molar-refractivity contribution in [2.24, 2.45) is 0 Å². The Labute approximate surface area is 192 Å². The second-order valence-electron chi connectivity index (χ2n) is 7.56. The van der Waals surface area contributed by atoms with E-state index in [1.165, 1.54) is 0 Å². The minimum Gasteiger partial charge on any atom is -0.486 e. The molecule has 0 unspecified atom stereocenters. The Morgan fingerprint density at radius 1 is 1.00 bits per heavy atom. The van der Waals surface area contributed by atoms with Crippen molar-refractivity contribution in [2.45, 2.75) is 19.7 Å². The number of hydrogen-bond acceptors (Lipinski definition) is 5. The second-order valence-corrected chi connectivity index (χ2v) is 9.30. The molecule has 33 heavy (non-hydrogen) atoms. The number of anilines is 1. The number of hydrogen-bond donors (Lipinski definition) is 2. The van der Waals surface area contributed by atoms with Gasteiger partial charge in [-0.15, -0.1) is 0 Å². The van der Waals surface area contributed by atoms with Crippen molar-refractivity contribution in [3.63, 3.8) is 0 Å². The van der Waals surface area contributed by atoms with Gasteiger partial charge in [0.2, 0.25) is 15.9 Å². The van der Waals surface area contributed by atoms with Crippen LogP contribution in [0, 0.1) is 0 Å². The lowest BCUT2D eigenvalue weighted by atomic mass is 10.2. The fourth-order valence-corrected chi connectivity index (χ4v) is 3.99.